The van der Waals surface area contributed by atoms with Crippen molar-refractivity contribution in [3.8, 4) is 0 Å². The maximum Gasteiger partial charge on any atom is 0.263 e. The Bertz CT molecular complexity index is 2830. The first-order valence-corrected chi connectivity index (χ1v) is 19.6. The van der Waals surface area contributed by atoms with Gasteiger partial charge in [-0.05, 0) is 85.3 Å². The van der Waals surface area contributed by atoms with Crippen LogP contribution in [0.3, 0.4) is 0 Å². The minimum atomic E-state index is -0.914. The Morgan fingerprint density at radius 2 is 1.20 bits per heavy atom. The van der Waals surface area contributed by atoms with Crippen molar-refractivity contribution in [2.75, 3.05) is 0 Å². The summed E-state index contributed by atoms with van der Waals surface area (Å²) in [6, 6.07) is 21.2. The van der Waals surface area contributed by atoms with Gasteiger partial charge in [-0.3, -0.25) is 14.2 Å². The van der Waals surface area contributed by atoms with Gasteiger partial charge >= 0.3 is 0 Å². The van der Waals surface area contributed by atoms with Crippen molar-refractivity contribution < 1.29 is 19.3 Å². The number of H-pyrrole nitrogens is 1. The molecule has 0 bridgehead atoms. The average molecular weight is 856 g/mol. The lowest BCUT2D eigenvalue weighted by Crippen LogP contribution is -2.40. The molecule has 300 valence electrons. The Morgan fingerprint density at radius 3 is 1.73 bits per heavy atom. The zero-order valence-corrected chi connectivity index (χ0v) is 33.1. The molecular weight excluding hydrogens is 823 g/mol. The molecule has 0 unspecified atom stereocenters. The van der Waals surface area contributed by atoms with Crippen LogP contribution in [0.2, 0.25) is 10.0 Å². The second kappa shape index (κ2) is 16.8. The van der Waals surface area contributed by atoms with E-state index in [0.717, 1.165) is 11.1 Å². The second-order valence-corrected chi connectivity index (χ2v) is 15.3. The smallest absolute Gasteiger partial charge is 0.263 e. The van der Waals surface area contributed by atoms with Crippen LogP contribution < -0.4 is 11.1 Å². The lowest BCUT2D eigenvalue weighted by atomic mass is 9.67. The highest BCUT2D eigenvalue weighted by molar-refractivity contribution is 6.30. The van der Waals surface area contributed by atoms with E-state index >= 15 is 0 Å². The number of hydrogen-bond donors (Lipinski definition) is 3. The van der Waals surface area contributed by atoms with Crippen molar-refractivity contribution in [1.29, 1.82) is 0 Å². The summed E-state index contributed by atoms with van der Waals surface area (Å²) in [6.07, 6.45) is 8.11. The molecule has 0 spiro atoms. The molecule has 16 nitrogen and oxygen atoms in total. The van der Waals surface area contributed by atoms with Crippen LogP contribution in [0.25, 0.3) is 22.1 Å². The average Bonchev–Trinajstić information content (AvgIpc) is 3.91. The molecule has 2 saturated carbocycles. The number of nitrogens with zero attached hydrogens (tertiary/aromatic N) is 9. The van der Waals surface area contributed by atoms with Gasteiger partial charge in [-0.15, -0.1) is 11.6 Å². The van der Waals surface area contributed by atoms with Gasteiger partial charge in [-0.2, -0.15) is 9.97 Å². The maximum atomic E-state index is 12.6. The molecule has 2 aliphatic carbocycles. The Labute approximate surface area is 348 Å². The highest BCUT2D eigenvalue weighted by atomic mass is 35.5. The molecule has 2 fully saturated rings. The summed E-state index contributed by atoms with van der Waals surface area (Å²) in [5.41, 5.74) is 0.469. The van der Waals surface area contributed by atoms with Crippen molar-refractivity contribution >= 4 is 56.9 Å². The highest BCUT2D eigenvalue weighted by Crippen LogP contribution is 2.51. The number of benzene rings is 2. The first-order chi connectivity index (χ1) is 28.5. The van der Waals surface area contributed by atoms with E-state index in [1.165, 1.54) is 17.2 Å². The van der Waals surface area contributed by atoms with Gasteiger partial charge in [0.05, 0.1) is 28.3 Å². The molecule has 0 radical (unpaired) electrons. The number of halogens is 3. The summed E-state index contributed by atoms with van der Waals surface area (Å²) in [7, 11) is 0. The van der Waals surface area contributed by atoms with E-state index in [-0.39, 0.29) is 35.4 Å². The molecule has 0 saturated heterocycles. The summed E-state index contributed by atoms with van der Waals surface area (Å²) in [5, 5.41) is 31.5. The minimum Gasteiger partial charge on any atom is -0.385 e. The van der Waals surface area contributed by atoms with Crippen LogP contribution in [0.15, 0.2) is 116 Å². The van der Waals surface area contributed by atoms with Gasteiger partial charge in [-0.25, -0.2) is 19.9 Å². The van der Waals surface area contributed by atoms with Gasteiger partial charge in [0.1, 0.15) is 18.8 Å². The molecule has 3 N–H and O–H groups in total. The standard InChI is InChI=1S/C20H16ClN5O3.C13H12Cl2N2O2.C7H5N3O/c21-14-5-3-13(4-6-14)20(28)8-12(9-20)17-24-16(29-25-17)10-26-11-23-18-15(19(26)27)2-1-7-22-18;14-7-11-16-12(17-19-11)8-5-13(18,6-8)9-1-3-10(15)4-2-9;11-7-5-2-1-3-8-6(5)9-4-10-7/h1-7,11-12,28H,8-10H2;1-4,8,18H,5-7H2;1-4H,(H,8,9,10,11). The molecule has 2 aromatic carbocycles. The second-order valence-electron chi connectivity index (χ2n) is 14.2. The first-order valence-electron chi connectivity index (χ1n) is 18.3. The van der Waals surface area contributed by atoms with Gasteiger partial charge in [-0.1, -0.05) is 57.8 Å². The highest BCUT2D eigenvalue weighted by Gasteiger charge is 2.47. The van der Waals surface area contributed by atoms with Crippen molar-refractivity contribution in [3.63, 3.8) is 0 Å². The predicted octanol–water partition coefficient (Wildman–Crippen LogP) is 6.19. The van der Waals surface area contributed by atoms with E-state index in [9.17, 15) is 19.8 Å². The van der Waals surface area contributed by atoms with Crippen LogP contribution in [0.5, 0.6) is 0 Å². The topological polar surface area (TPSA) is 225 Å². The summed E-state index contributed by atoms with van der Waals surface area (Å²) < 4.78 is 11.7. The SMILES string of the molecule is O=c1[nH]cnc2ncccc12.O=c1c2cccnc2ncn1Cc1nc(C2CC(O)(c3ccc(Cl)cc3)C2)no1.OC1(c2ccc(Cl)cc2)CC(c2noc(CCl)n2)C1. The maximum absolute atomic E-state index is 12.6. The molecule has 0 aliphatic heterocycles. The number of fused-ring (bicyclic) bond motifs is 2. The van der Waals surface area contributed by atoms with Crippen LogP contribution in [0.1, 0.15) is 72.1 Å². The quantitative estimate of drug-likeness (QED) is 0.152. The number of aromatic amines is 1. The van der Waals surface area contributed by atoms with Crippen molar-refractivity contribution in [2.24, 2.45) is 0 Å². The Kier molecular flexibility index (Phi) is 11.3. The molecule has 2 aliphatic rings. The third kappa shape index (κ3) is 8.63. The first kappa shape index (κ1) is 39.9. The summed E-state index contributed by atoms with van der Waals surface area (Å²) in [4.78, 5) is 50.7. The third-order valence-electron chi connectivity index (χ3n) is 10.2. The minimum absolute atomic E-state index is 0.0103. The van der Waals surface area contributed by atoms with E-state index in [2.05, 4.69) is 45.2 Å². The molecule has 10 rings (SSSR count). The lowest BCUT2D eigenvalue weighted by Gasteiger charge is -2.42. The number of pyridine rings is 2. The van der Waals surface area contributed by atoms with E-state index in [0.29, 0.717) is 81.2 Å². The molecule has 8 aromatic rings. The number of rotatable bonds is 7. The number of hydrogen-bond acceptors (Lipinski definition) is 14. The molecule has 0 atom stereocenters. The third-order valence-corrected chi connectivity index (χ3v) is 11.0. The molecule has 6 heterocycles. The number of aromatic nitrogens is 10. The van der Waals surface area contributed by atoms with Gasteiger partial charge in [0.25, 0.3) is 11.1 Å². The number of alkyl halides is 1. The predicted molar refractivity (Wildman–Crippen MR) is 216 cm³/mol. The lowest BCUT2D eigenvalue weighted by molar-refractivity contribution is -0.0576. The Morgan fingerprint density at radius 1 is 0.695 bits per heavy atom. The monoisotopic (exact) mass is 854 g/mol. The zero-order valence-electron chi connectivity index (χ0n) is 30.8. The number of aliphatic hydroxyl groups is 2. The van der Waals surface area contributed by atoms with Crippen LogP contribution in [-0.4, -0.2) is 60.0 Å². The van der Waals surface area contributed by atoms with E-state index < -0.39 is 11.2 Å². The van der Waals surface area contributed by atoms with Gasteiger partial charge in [0.2, 0.25) is 11.8 Å². The Balaban J connectivity index is 0.000000137. The summed E-state index contributed by atoms with van der Waals surface area (Å²) >= 11 is 17.4. The molecule has 19 heteroatoms. The van der Waals surface area contributed by atoms with Crippen LogP contribution >= 0.6 is 34.8 Å². The summed E-state index contributed by atoms with van der Waals surface area (Å²) in [6.45, 7) is 0.123. The van der Waals surface area contributed by atoms with Crippen LogP contribution in [0.4, 0.5) is 0 Å². The van der Waals surface area contributed by atoms with Gasteiger partial charge in [0, 0.05) is 34.3 Å². The molecule has 59 heavy (non-hydrogen) atoms. The fraction of sp³-hybridized carbons (Fsp3) is 0.250. The van der Waals surface area contributed by atoms with Crippen molar-refractivity contribution in [1.82, 2.24) is 49.8 Å². The number of nitrogens with one attached hydrogen (secondary N) is 1. The molecule has 0 amide bonds. The molecular formula is C40H33Cl3N10O6. The van der Waals surface area contributed by atoms with Crippen LogP contribution in [-0.2, 0) is 23.6 Å². The van der Waals surface area contributed by atoms with Crippen molar-refractivity contribution in [3.05, 3.63) is 163 Å². The fourth-order valence-electron chi connectivity index (χ4n) is 7.02. The van der Waals surface area contributed by atoms with Crippen molar-refractivity contribution in [2.45, 2.75) is 61.1 Å². The van der Waals surface area contributed by atoms with Crippen LogP contribution in [0, 0.1) is 0 Å². The fourth-order valence-corrected chi connectivity index (χ4v) is 7.38. The molecule has 6 aromatic heterocycles. The van der Waals surface area contributed by atoms with E-state index in [1.54, 1.807) is 60.9 Å². The van der Waals surface area contributed by atoms with Gasteiger partial charge in [0.15, 0.2) is 22.9 Å². The van der Waals surface area contributed by atoms with Gasteiger partial charge < -0.3 is 24.2 Å². The Hall–Kier alpha value is -5.91. The van der Waals surface area contributed by atoms with E-state index in [1.807, 2.05) is 24.3 Å². The largest absolute Gasteiger partial charge is 0.385 e. The zero-order chi connectivity index (χ0) is 41.1. The summed E-state index contributed by atoms with van der Waals surface area (Å²) in [5.74, 6) is 2.19. The normalized spacial score (nSPS) is 20.8. The van der Waals surface area contributed by atoms with E-state index in [4.69, 9.17) is 43.8 Å².